The van der Waals surface area contributed by atoms with E-state index in [1.54, 1.807) is 26.3 Å². The second-order valence-electron chi connectivity index (χ2n) is 3.49. The molecule has 0 aliphatic heterocycles. The summed E-state index contributed by atoms with van der Waals surface area (Å²) in [4.78, 5) is 15.1. The molecule has 1 N–H and O–H groups in total. The monoisotopic (exact) mass is 215 g/mol. The molecule has 4 nitrogen and oxygen atoms in total. The van der Waals surface area contributed by atoms with Gasteiger partial charge < -0.3 is 9.84 Å². The standard InChI is InChI=1S/C9H13NO3S/c1-9(2,8(11)12)6-5-14-7(10-6)4-13-3/h5H,4H2,1-3H3,(H,11,12). The van der Waals surface area contributed by atoms with Crippen LogP contribution in [-0.4, -0.2) is 23.2 Å². The molecule has 0 unspecified atom stereocenters. The van der Waals surface area contributed by atoms with E-state index in [4.69, 9.17) is 9.84 Å². The number of nitrogens with zero attached hydrogens (tertiary/aromatic N) is 1. The highest BCUT2D eigenvalue weighted by Crippen LogP contribution is 2.25. The Morgan fingerprint density at radius 2 is 2.36 bits per heavy atom. The van der Waals surface area contributed by atoms with Crippen LogP contribution in [0, 0.1) is 0 Å². The van der Waals surface area contributed by atoms with E-state index in [-0.39, 0.29) is 0 Å². The average Bonchev–Trinajstić information content (AvgIpc) is 2.53. The lowest BCUT2D eigenvalue weighted by atomic mass is 9.90. The van der Waals surface area contributed by atoms with Crippen LogP contribution >= 0.6 is 11.3 Å². The molecule has 0 bridgehead atoms. The smallest absolute Gasteiger partial charge is 0.315 e. The maximum Gasteiger partial charge on any atom is 0.315 e. The first kappa shape index (κ1) is 11.1. The quantitative estimate of drug-likeness (QED) is 0.829. The molecule has 1 rings (SSSR count). The summed E-state index contributed by atoms with van der Waals surface area (Å²) in [6.45, 7) is 3.71. The predicted molar refractivity (Wildman–Crippen MR) is 53.5 cm³/mol. The highest BCUT2D eigenvalue weighted by Gasteiger charge is 2.31. The summed E-state index contributed by atoms with van der Waals surface area (Å²) in [5.41, 5.74) is -0.343. The molecule has 0 saturated heterocycles. The van der Waals surface area contributed by atoms with Gasteiger partial charge in [0.2, 0.25) is 0 Å². The zero-order chi connectivity index (χ0) is 10.8. The summed E-state index contributed by atoms with van der Waals surface area (Å²) in [7, 11) is 1.59. The lowest BCUT2D eigenvalue weighted by Crippen LogP contribution is -2.28. The Labute approximate surface area is 86.6 Å². The first-order valence-electron chi connectivity index (χ1n) is 4.15. The molecular weight excluding hydrogens is 202 g/mol. The molecule has 0 aromatic carbocycles. The molecule has 5 heteroatoms. The Balaban J connectivity index is 2.91. The van der Waals surface area contributed by atoms with E-state index < -0.39 is 11.4 Å². The molecule has 1 aromatic rings. The summed E-state index contributed by atoms with van der Waals surface area (Å²) in [5.74, 6) is -0.869. The van der Waals surface area contributed by atoms with Crippen molar-refractivity contribution in [1.29, 1.82) is 0 Å². The Morgan fingerprint density at radius 1 is 1.71 bits per heavy atom. The minimum atomic E-state index is -0.928. The maximum absolute atomic E-state index is 10.9. The van der Waals surface area contributed by atoms with Crippen molar-refractivity contribution >= 4 is 17.3 Å². The van der Waals surface area contributed by atoms with E-state index in [0.717, 1.165) is 5.01 Å². The van der Waals surface area contributed by atoms with Crippen LogP contribution in [0.15, 0.2) is 5.38 Å². The number of carboxylic acid groups (broad SMARTS) is 1. The summed E-state index contributed by atoms with van der Waals surface area (Å²) in [6.07, 6.45) is 0. The van der Waals surface area contributed by atoms with Crippen molar-refractivity contribution in [3.05, 3.63) is 16.1 Å². The van der Waals surface area contributed by atoms with Gasteiger partial charge in [-0.25, -0.2) is 4.98 Å². The molecule has 0 aliphatic carbocycles. The number of carbonyl (C=O) groups is 1. The van der Waals surface area contributed by atoms with Gasteiger partial charge in [-0.15, -0.1) is 11.3 Å². The summed E-state index contributed by atoms with van der Waals surface area (Å²) >= 11 is 1.42. The molecule has 0 amide bonds. The molecule has 14 heavy (non-hydrogen) atoms. The van der Waals surface area contributed by atoms with Crippen LogP contribution in [0.4, 0.5) is 0 Å². The first-order chi connectivity index (χ1) is 6.48. The number of carboxylic acids is 1. The van der Waals surface area contributed by atoms with Crippen LogP contribution in [0.1, 0.15) is 24.5 Å². The third-order valence-electron chi connectivity index (χ3n) is 1.99. The number of methoxy groups -OCH3 is 1. The Bertz CT molecular complexity index is 333. The van der Waals surface area contributed by atoms with Crippen molar-refractivity contribution in [1.82, 2.24) is 4.98 Å². The van der Waals surface area contributed by atoms with Crippen molar-refractivity contribution in [3.8, 4) is 0 Å². The molecule has 0 saturated carbocycles. The fraction of sp³-hybridized carbons (Fsp3) is 0.556. The number of aliphatic carboxylic acids is 1. The maximum atomic E-state index is 10.9. The number of thiazole rings is 1. The minimum absolute atomic E-state index is 0.431. The summed E-state index contributed by atoms with van der Waals surface area (Å²) < 4.78 is 4.91. The van der Waals surface area contributed by atoms with Gasteiger partial charge in [-0.05, 0) is 13.8 Å². The minimum Gasteiger partial charge on any atom is -0.481 e. The van der Waals surface area contributed by atoms with Gasteiger partial charge in [0.1, 0.15) is 10.4 Å². The van der Waals surface area contributed by atoms with Crippen LogP contribution < -0.4 is 0 Å². The highest BCUT2D eigenvalue weighted by atomic mass is 32.1. The Hall–Kier alpha value is -0.940. The lowest BCUT2D eigenvalue weighted by Gasteiger charge is -2.15. The number of hydrogen-bond donors (Lipinski definition) is 1. The fourth-order valence-electron chi connectivity index (χ4n) is 0.897. The third kappa shape index (κ3) is 2.10. The van der Waals surface area contributed by atoms with Gasteiger partial charge in [0.05, 0.1) is 12.3 Å². The van der Waals surface area contributed by atoms with Gasteiger partial charge in [0, 0.05) is 12.5 Å². The normalized spacial score (nSPS) is 11.6. The van der Waals surface area contributed by atoms with Gasteiger partial charge >= 0.3 is 5.97 Å². The van der Waals surface area contributed by atoms with Crippen molar-refractivity contribution < 1.29 is 14.6 Å². The zero-order valence-corrected chi connectivity index (χ0v) is 9.22. The van der Waals surface area contributed by atoms with E-state index >= 15 is 0 Å². The molecular formula is C9H13NO3S. The van der Waals surface area contributed by atoms with Crippen LogP contribution in [-0.2, 0) is 21.6 Å². The molecule has 0 spiro atoms. The fourth-order valence-corrected chi connectivity index (χ4v) is 1.83. The summed E-state index contributed by atoms with van der Waals surface area (Å²) in [6, 6.07) is 0. The van der Waals surface area contributed by atoms with E-state index in [2.05, 4.69) is 4.98 Å². The molecule has 0 radical (unpaired) electrons. The van der Waals surface area contributed by atoms with E-state index in [1.807, 2.05) is 0 Å². The topological polar surface area (TPSA) is 59.4 Å². The molecule has 0 aliphatic rings. The van der Waals surface area contributed by atoms with Crippen molar-refractivity contribution in [2.75, 3.05) is 7.11 Å². The van der Waals surface area contributed by atoms with Gasteiger partial charge in [-0.1, -0.05) is 0 Å². The SMILES string of the molecule is COCc1nc(C(C)(C)C(=O)O)cs1. The lowest BCUT2D eigenvalue weighted by molar-refractivity contribution is -0.142. The largest absolute Gasteiger partial charge is 0.481 e. The number of ether oxygens (including phenoxy) is 1. The molecule has 1 aromatic heterocycles. The van der Waals surface area contributed by atoms with Crippen molar-refractivity contribution in [3.63, 3.8) is 0 Å². The number of aromatic nitrogens is 1. The van der Waals surface area contributed by atoms with E-state index in [1.165, 1.54) is 11.3 Å². The molecule has 0 atom stereocenters. The van der Waals surface area contributed by atoms with Gasteiger partial charge in [-0.2, -0.15) is 0 Å². The highest BCUT2D eigenvalue weighted by molar-refractivity contribution is 7.09. The Kier molecular flexibility index (Phi) is 3.23. The van der Waals surface area contributed by atoms with Crippen LogP contribution in [0.5, 0.6) is 0 Å². The van der Waals surface area contributed by atoms with Gasteiger partial charge in [-0.3, -0.25) is 4.79 Å². The van der Waals surface area contributed by atoms with Crippen molar-refractivity contribution in [2.24, 2.45) is 0 Å². The number of rotatable bonds is 4. The van der Waals surface area contributed by atoms with Gasteiger partial charge in [0.25, 0.3) is 0 Å². The zero-order valence-electron chi connectivity index (χ0n) is 8.40. The van der Waals surface area contributed by atoms with E-state index in [0.29, 0.717) is 12.3 Å². The molecule has 0 fully saturated rings. The predicted octanol–water partition coefficient (Wildman–Crippen LogP) is 1.65. The molecule has 1 heterocycles. The molecule has 78 valence electrons. The summed E-state index contributed by atoms with van der Waals surface area (Å²) in [5, 5.41) is 11.5. The first-order valence-corrected chi connectivity index (χ1v) is 5.03. The second kappa shape index (κ2) is 4.06. The third-order valence-corrected chi connectivity index (χ3v) is 2.82. The van der Waals surface area contributed by atoms with Crippen LogP contribution in [0.3, 0.4) is 0 Å². The average molecular weight is 215 g/mol. The Morgan fingerprint density at radius 3 is 2.86 bits per heavy atom. The van der Waals surface area contributed by atoms with Crippen molar-refractivity contribution in [2.45, 2.75) is 25.9 Å². The second-order valence-corrected chi connectivity index (χ2v) is 4.43. The van der Waals surface area contributed by atoms with Crippen LogP contribution in [0.2, 0.25) is 0 Å². The van der Waals surface area contributed by atoms with E-state index in [9.17, 15) is 4.79 Å². The van der Waals surface area contributed by atoms with Crippen LogP contribution in [0.25, 0.3) is 0 Å². The number of hydrogen-bond acceptors (Lipinski definition) is 4. The van der Waals surface area contributed by atoms with Gasteiger partial charge in [0.15, 0.2) is 0 Å².